The summed E-state index contributed by atoms with van der Waals surface area (Å²) < 4.78 is 26.4. The van der Waals surface area contributed by atoms with E-state index in [1.807, 2.05) is 0 Å². The minimum atomic E-state index is -4.08. The predicted octanol–water partition coefficient (Wildman–Crippen LogP) is 1.90. The lowest BCUT2D eigenvalue weighted by atomic mass is 10.2. The van der Waals surface area contributed by atoms with E-state index in [2.05, 4.69) is 9.71 Å². The quantitative estimate of drug-likeness (QED) is 0.780. The standard InChI is InChI=1S/C11H9ClN2O5S2/c1-5-10(20-11(17)13-5)21(18,19)14-7-4-2-3-6(12)8(7)9(15)16/h2-4,14H,1H3,(H,13,17)(H,15,16). The first-order chi connectivity index (χ1) is 9.72. The summed E-state index contributed by atoms with van der Waals surface area (Å²) in [5.74, 6) is -1.36. The van der Waals surface area contributed by atoms with Gasteiger partial charge in [-0.25, -0.2) is 13.2 Å². The fourth-order valence-corrected chi connectivity index (χ4v) is 4.29. The number of sulfonamides is 1. The summed E-state index contributed by atoms with van der Waals surface area (Å²) in [4.78, 5) is 24.2. The third-order valence-electron chi connectivity index (χ3n) is 2.50. The van der Waals surface area contributed by atoms with Gasteiger partial charge in [0.1, 0.15) is 5.56 Å². The summed E-state index contributed by atoms with van der Waals surface area (Å²) in [5, 5.41) is 9.00. The SMILES string of the molecule is Cc1[nH]c(=O)sc1S(=O)(=O)Nc1cccc(Cl)c1C(=O)O. The second-order valence-corrected chi connectivity index (χ2v) is 7.27. The number of aryl methyl sites for hydroxylation is 1. The molecule has 3 N–H and O–H groups in total. The number of benzene rings is 1. The number of carboxylic acid groups (broad SMARTS) is 1. The number of carbonyl (C=O) groups is 1. The molecule has 0 fully saturated rings. The Morgan fingerprint density at radius 3 is 2.62 bits per heavy atom. The lowest BCUT2D eigenvalue weighted by Gasteiger charge is -2.10. The van der Waals surface area contributed by atoms with Crippen molar-refractivity contribution < 1.29 is 18.3 Å². The highest BCUT2D eigenvalue weighted by atomic mass is 35.5. The lowest BCUT2D eigenvalue weighted by Crippen LogP contribution is -2.15. The molecule has 0 amide bonds. The number of hydrogen-bond acceptors (Lipinski definition) is 5. The van der Waals surface area contributed by atoms with Crippen molar-refractivity contribution in [3.05, 3.63) is 44.1 Å². The Bertz CT molecular complexity index is 869. The summed E-state index contributed by atoms with van der Waals surface area (Å²) in [5.41, 5.74) is -0.352. The van der Waals surface area contributed by atoms with Crippen molar-refractivity contribution in [1.82, 2.24) is 4.98 Å². The zero-order valence-electron chi connectivity index (χ0n) is 10.5. The average molecular weight is 349 g/mol. The molecule has 0 aliphatic heterocycles. The number of nitrogens with one attached hydrogen (secondary N) is 2. The number of hydrogen-bond donors (Lipinski definition) is 3. The van der Waals surface area contributed by atoms with Gasteiger partial charge in [-0.1, -0.05) is 29.0 Å². The van der Waals surface area contributed by atoms with Crippen LogP contribution in [0.15, 0.2) is 27.2 Å². The molecule has 0 saturated carbocycles. The van der Waals surface area contributed by atoms with Gasteiger partial charge in [0.25, 0.3) is 10.0 Å². The van der Waals surface area contributed by atoms with Crippen LogP contribution in [0.3, 0.4) is 0 Å². The van der Waals surface area contributed by atoms with Crippen LogP contribution >= 0.6 is 22.9 Å². The van der Waals surface area contributed by atoms with Crippen LogP contribution in [0.2, 0.25) is 5.02 Å². The van der Waals surface area contributed by atoms with Crippen molar-refractivity contribution in [2.75, 3.05) is 4.72 Å². The first kappa shape index (κ1) is 15.5. The Hall–Kier alpha value is -1.84. The van der Waals surface area contributed by atoms with Crippen molar-refractivity contribution >= 4 is 44.6 Å². The maximum Gasteiger partial charge on any atom is 0.339 e. The number of rotatable bonds is 4. The van der Waals surface area contributed by atoms with E-state index < -0.39 is 20.9 Å². The third-order valence-corrected chi connectivity index (χ3v) is 5.78. The monoisotopic (exact) mass is 348 g/mol. The zero-order valence-corrected chi connectivity index (χ0v) is 12.9. The number of carboxylic acids is 1. The Kier molecular flexibility index (Phi) is 4.08. The molecule has 0 unspecified atom stereocenters. The highest BCUT2D eigenvalue weighted by Crippen LogP contribution is 2.27. The molecular formula is C11H9ClN2O5S2. The molecule has 2 aromatic rings. The molecule has 0 aliphatic carbocycles. The smallest absolute Gasteiger partial charge is 0.339 e. The topological polar surface area (TPSA) is 116 Å². The van der Waals surface area contributed by atoms with E-state index >= 15 is 0 Å². The van der Waals surface area contributed by atoms with E-state index in [0.717, 1.165) is 0 Å². The minimum absolute atomic E-state index is 0.0957. The van der Waals surface area contributed by atoms with Crippen molar-refractivity contribution in [2.45, 2.75) is 11.1 Å². The van der Waals surface area contributed by atoms with Gasteiger partial charge in [0.05, 0.1) is 10.7 Å². The molecular weight excluding hydrogens is 340 g/mol. The van der Waals surface area contributed by atoms with Crippen molar-refractivity contribution in [3.63, 3.8) is 0 Å². The van der Waals surface area contributed by atoms with Gasteiger partial charge in [0.15, 0.2) is 4.21 Å². The van der Waals surface area contributed by atoms with Gasteiger partial charge in [0, 0.05) is 5.69 Å². The number of H-pyrrole nitrogens is 1. The molecule has 0 bridgehead atoms. The Labute approximate surface area is 128 Å². The molecule has 112 valence electrons. The molecule has 21 heavy (non-hydrogen) atoms. The maximum absolute atomic E-state index is 12.2. The Morgan fingerprint density at radius 1 is 1.43 bits per heavy atom. The molecule has 10 heteroatoms. The third kappa shape index (κ3) is 3.09. The lowest BCUT2D eigenvalue weighted by molar-refractivity contribution is 0.0698. The Balaban J connectivity index is 2.52. The molecule has 0 spiro atoms. The van der Waals surface area contributed by atoms with Crippen LogP contribution in [0.5, 0.6) is 0 Å². The van der Waals surface area contributed by atoms with E-state index in [1.54, 1.807) is 0 Å². The zero-order chi connectivity index (χ0) is 15.8. The summed E-state index contributed by atoms with van der Waals surface area (Å²) in [6.45, 7) is 1.43. The number of halogens is 1. The fraction of sp³-hybridized carbons (Fsp3) is 0.0909. The number of aromatic carboxylic acids is 1. The molecule has 1 aromatic heterocycles. The number of thiazole rings is 1. The summed E-state index contributed by atoms with van der Waals surface area (Å²) in [6, 6.07) is 4.03. The summed E-state index contributed by atoms with van der Waals surface area (Å²) in [7, 11) is -4.08. The van der Waals surface area contributed by atoms with Crippen LogP contribution in [0.4, 0.5) is 5.69 Å². The predicted molar refractivity (Wildman–Crippen MR) is 78.9 cm³/mol. The van der Waals surface area contributed by atoms with Crippen LogP contribution in [0.25, 0.3) is 0 Å². The van der Waals surface area contributed by atoms with Crippen LogP contribution in [0.1, 0.15) is 16.1 Å². The van der Waals surface area contributed by atoms with Crippen molar-refractivity contribution in [3.8, 4) is 0 Å². The second-order valence-electron chi connectivity index (χ2n) is 4.00. The first-order valence-electron chi connectivity index (χ1n) is 5.46. The van der Waals surface area contributed by atoms with E-state index in [4.69, 9.17) is 16.7 Å². The highest BCUT2D eigenvalue weighted by Gasteiger charge is 2.24. The van der Waals surface area contributed by atoms with Gasteiger partial charge >= 0.3 is 10.8 Å². The van der Waals surface area contributed by atoms with E-state index in [-0.39, 0.29) is 26.2 Å². The minimum Gasteiger partial charge on any atom is -0.478 e. The second kappa shape index (κ2) is 5.51. The normalized spacial score (nSPS) is 11.3. The van der Waals surface area contributed by atoms with Crippen molar-refractivity contribution in [1.29, 1.82) is 0 Å². The fourth-order valence-electron chi connectivity index (χ4n) is 1.66. The van der Waals surface area contributed by atoms with Crippen LogP contribution in [-0.2, 0) is 10.0 Å². The molecule has 0 atom stereocenters. The highest BCUT2D eigenvalue weighted by molar-refractivity contribution is 7.94. The summed E-state index contributed by atoms with van der Waals surface area (Å²) in [6.07, 6.45) is 0. The van der Waals surface area contributed by atoms with Gasteiger partial charge in [-0.15, -0.1) is 0 Å². The van der Waals surface area contributed by atoms with Gasteiger partial charge in [-0.05, 0) is 19.1 Å². The van der Waals surface area contributed by atoms with Gasteiger partial charge < -0.3 is 10.1 Å². The van der Waals surface area contributed by atoms with Gasteiger partial charge in [0.2, 0.25) is 0 Å². The maximum atomic E-state index is 12.2. The molecule has 1 heterocycles. The molecule has 0 saturated heterocycles. The van der Waals surface area contributed by atoms with Crippen LogP contribution in [0, 0.1) is 6.92 Å². The number of aromatic nitrogens is 1. The Morgan fingerprint density at radius 2 is 2.10 bits per heavy atom. The molecule has 2 rings (SSSR count). The molecule has 1 aromatic carbocycles. The van der Waals surface area contributed by atoms with E-state index in [9.17, 15) is 18.0 Å². The largest absolute Gasteiger partial charge is 0.478 e. The molecule has 0 aliphatic rings. The summed E-state index contributed by atoms with van der Waals surface area (Å²) >= 11 is 6.28. The number of aromatic amines is 1. The molecule has 7 nitrogen and oxygen atoms in total. The molecule has 0 radical (unpaired) electrons. The van der Waals surface area contributed by atoms with Crippen LogP contribution in [-0.4, -0.2) is 24.5 Å². The van der Waals surface area contributed by atoms with E-state index in [1.165, 1.54) is 25.1 Å². The average Bonchev–Trinajstić information content (AvgIpc) is 2.68. The van der Waals surface area contributed by atoms with Gasteiger partial charge in [-0.2, -0.15) is 0 Å². The van der Waals surface area contributed by atoms with Gasteiger partial charge in [-0.3, -0.25) is 9.52 Å². The van der Waals surface area contributed by atoms with Crippen LogP contribution < -0.4 is 9.60 Å². The number of anilines is 1. The first-order valence-corrected chi connectivity index (χ1v) is 8.14. The van der Waals surface area contributed by atoms with Crippen molar-refractivity contribution in [2.24, 2.45) is 0 Å². The van der Waals surface area contributed by atoms with E-state index in [0.29, 0.717) is 11.3 Å².